The molecule has 100 valence electrons. The first kappa shape index (κ1) is 12.4. The Hall–Kier alpha value is -0.610. The molecule has 0 spiro atoms. The number of halogens is 1. The Bertz CT molecular complexity index is 397. The van der Waals surface area contributed by atoms with Crippen LogP contribution in [0.4, 0.5) is 0 Å². The van der Waals surface area contributed by atoms with Gasteiger partial charge in [-0.15, -0.1) is 10.2 Å². The second-order valence-corrected chi connectivity index (χ2v) is 5.72. The molecule has 0 aromatic carbocycles. The highest BCUT2D eigenvalue weighted by Crippen LogP contribution is 2.39. The van der Waals surface area contributed by atoms with Gasteiger partial charge >= 0.3 is 0 Å². The Morgan fingerprint density at radius 1 is 1.11 bits per heavy atom. The molecule has 2 aliphatic carbocycles. The van der Waals surface area contributed by atoms with Crippen molar-refractivity contribution in [2.45, 2.75) is 63.5 Å². The summed E-state index contributed by atoms with van der Waals surface area (Å²) in [6.45, 7) is 1.51. The average molecular weight is 270 g/mol. The lowest BCUT2D eigenvalue weighted by Crippen LogP contribution is -2.19. The van der Waals surface area contributed by atoms with Crippen molar-refractivity contribution >= 4 is 11.6 Å². The van der Waals surface area contributed by atoms with E-state index in [2.05, 4.69) is 10.2 Å². The number of aromatic nitrogens is 3. The maximum absolute atomic E-state index is 6.07. The molecule has 0 radical (unpaired) electrons. The third-order valence-electron chi connectivity index (χ3n) is 3.90. The van der Waals surface area contributed by atoms with Crippen molar-refractivity contribution in [3.8, 4) is 0 Å². The first-order chi connectivity index (χ1) is 8.84. The van der Waals surface area contributed by atoms with Gasteiger partial charge in [0.25, 0.3) is 0 Å². The van der Waals surface area contributed by atoms with Crippen LogP contribution in [0.25, 0.3) is 0 Å². The lowest BCUT2D eigenvalue weighted by molar-refractivity contribution is 0.0238. The number of hydrogen-bond acceptors (Lipinski definition) is 3. The summed E-state index contributed by atoms with van der Waals surface area (Å²) in [4.78, 5) is 0. The van der Waals surface area contributed by atoms with E-state index in [0.717, 1.165) is 19.0 Å². The van der Waals surface area contributed by atoms with E-state index < -0.39 is 0 Å². The van der Waals surface area contributed by atoms with Crippen LogP contribution in [0.2, 0.25) is 5.28 Å². The molecular formula is C13H20ClN3O. The van der Waals surface area contributed by atoms with Crippen molar-refractivity contribution < 1.29 is 4.74 Å². The maximum Gasteiger partial charge on any atom is 0.225 e. The molecule has 0 aliphatic heterocycles. The molecule has 5 heteroatoms. The summed E-state index contributed by atoms with van der Waals surface area (Å²) < 4.78 is 7.95. The van der Waals surface area contributed by atoms with E-state index in [0.29, 0.717) is 17.3 Å². The van der Waals surface area contributed by atoms with Gasteiger partial charge in [-0.1, -0.05) is 19.3 Å². The van der Waals surface area contributed by atoms with Crippen molar-refractivity contribution in [1.29, 1.82) is 0 Å². The van der Waals surface area contributed by atoms with E-state index in [4.69, 9.17) is 16.3 Å². The van der Waals surface area contributed by atoms with E-state index in [1.807, 2.05) is 4.57 Å². The van der Waals surface area contributed by atoms with Gasteiger partial charge in [-0.05, 0) is 37.3 Å². The smallest absolute Gasteiger partial charge is 0.225 e. The second kappa shape index (κ2) is 5.57. The van der Waals surface area contributed by atoms with E-state index >= 15 is 0 Å². The molecule has 2 saturated carbocycles. The standard InChI is InChI=1S/C13H20ClN3O/c14-13-16-15-12(10-6-7-10)17(13)8-9-18-11-4-2-1-3-5-11/h10-11H,1-9H2. The molecule has 1 aromatic heterocycles. The van der Waals surface area contributed by atoms with Gasteiger partial charge in [0.1, 0.15) is 5.82 Å². The minimum atomic E-state index is 0.457. The molecular weight excluding hydrogens is 250 g/mol. The minimum Gasteiger partial charge on any atom is -0.376 e. The van der Waals surface area contributed by atoms with Crippen molar-refractivity contribution in [2.75, 3.05) is 6.61 Å². The van der Waals surface area contributed by atoms with E-state index in [1.54, 1.807) is 0 Å². The van der Waals surface area contributed by atoms with Crippen molar-refractivity contribution in [3.05, 3.63) is 11.1 Å². The van der Waals surface area contributed by atoms with Gasteiger partial charge in [0, 0.05) is 5.92 Å². The highest BCUT2D eigenvalue weighted by Gasteiger charge is 2.30. The molecule has 0 saturated heterocycles. The number of nitrogens with zero attached hydrogens (tertiary/aromatic N) is 3. The predicted molar refractivity (Wildman–Crippen MR) is 69.8 cm³/mol. The molecule has 0 N–H and O–H groups in total. The third kappa shape index (κ3) is 2.86. The zero-order valence-electron chi connectivity index (χ0n) is 10.6. The van der Waals surface area contributed by atoms with Crippen molar-refractivity contribution in [1.82, 2.24) is 14.8 Å². The van der Waals surface area contributed by atoms with E-state index in [-0.39, 0.29) is 0 Å². The highest BCUT2D eigenvalue weighted by atomic mass is 35.5. The Balaban J connectivity index is 1.51. The van der Waals surface area contributed by atoms with Gasteiger partial charge in [0.05, 0.1) is 19.3 Å². The molecule has 1 aromatic rings. The summed E-state index contributed by atoms with van der Waals surface area (Å²) in [5, 5.41) is 8.64. The van der Waals surface area contributed by atoms with Gasteiger partial charge < -0.3 is 4.74 Å². The van der Waals surface area contributed by atoms with Crippen molar-refractivity contribution in [2.24, 2.45) is 0 Å². The quantitative estimate of drug-likeness (QED) is 0.824. The first-order valence-corrected chi connectivity index (χ1v) is 7.42. The number of ether oxygens (including phenoxy) is 1. The summed E-state index contributed by atoms with van der Waals surface area (Å²) >= 11 is 6.07. The Kier molecular flexibility index (Phi) is 3.85. The van der Waals surface area contributed by atoms with Crippen LogP contribution >= 0.6 is 11.6 Å². The topological polar surface area (TPSA) is 39.9 Å². The molecule has 0 bridgehead atoms. The van der Waals surface area contributed by atoms with Crippen LogP contribution in [0.15, 0.2) is 0 Å². The van der Waals surface area contributed by atoms with Gasteiger partial charge in [-0.25, -0.2) is 0 Å². The van der Waals surface area contributed by atoms with Crippen LogP contribution in [-0.2, 0) is 11.3 Å². The van der Waals surface area contributed by atoms with Gasteiger partial charge in [0.15, 0.2) is 0 Å². The van der Waals surface area contributed by atoms with Gasteiger partial charge in [-0.2, -0.15) is 0 Å². The second-order valence-electron chi connectivity index (χ2n) is 5.38. The molecule has 3 rings (SSSR count). The average Bonchev–Trinajstić information content (AvgIpc) is 3.17. The minimum absolute atomic E-state index is 0.457. The monoisotopic (exact) mass is 269 g/mol. The summed E-state index contributed by atoms with van der Waals surface area (Å²) in [7, 11) is 0. The Morgan fingerprint density at radius 2 is 1.89 bits per heavy atom. The SMILES string of the molecule is Clc1nnc(C2CC2)n1CCOC1CCCCC1. The van der Waals surface area contributed by atoms with Crippen LogP contribution in [0, 0.1) is 0 Å². The normalized spacial score (nSPS) is 21.4. The molecule has 2 aliphatic rings. The zero-order valence-corrected chi connectivity index (χ0v) is 11.4. The number of hydrogen-bond donors (Lipinski definition) is 0. The zero-order chi connectivity index (χ0) is 12.4. The molecule has 4 nitrogen and oxygen atoms in total. The molecule has 0 amide bonds. The summed E-state index contributed by atoms with van der Waals surface area (Å²) in [6, 6.07) is 0. The molecule has 0 unspecified atom stereocenters. The maximum atomic E-state index is 6.07. The van der Waals surface area contributed by atoms with Gasteiger partial charge in [0.2, 0.25) is 5.28 Å². The van der Waals surface area contributed by atoms with E-state index in [9.17, 15) is 0 Å². The van der Waals surface area contributed by atoms with Crippen LogP contribution in [0.5, 0.6) is 0 Å². The highest BCUT2D eigenvalue weighted by molar-refractivity contribution is 6.28. The molecule has 2 fully saturated rings. The fourth-order valence-electron chi connectivity index (χ4n) is 2.69. The van der Waals surface area contributed by atoms with Crippen LogP contribution in [0.1, 0.15) is 56.7 Å². The fourth-order valence-corrected chi connectivity index (χ4v) is 2.90. The lowest BCUT2D eigenvalue weighted by Gasteiger charge is -2.22. The van der Waals surface area contributed by atoms with Gasteiger partial charge in [-0.3, -0.25) is 4.57 Å². The summed E-state index contributed by atoms with van der Waals surface area (Å²) in [6.07, 6.45) is 9.31. The van der Waals surface area contributed by atoms with Crippen molar-refractivity contribution in [3.63, 3.8) is 0 Å². The Labute approximate surface area is 113 Å². The molecule has 0 atom stereocenters. The summed E-state index contributed by atoms with van der Waals surface area (Å²) in [5.41, 5.74) is 0. The molecule has 18 heavy (non-hydrogen) atoms. The third-order valence-corrected chi connectivity index (χ3v) is 4.18. The van der Waals surface area contributed by atoms with E-state index in [1.165, 1.54) is 44.9 Å². The van der Waals surface area contributed by atoms with Crippen LogP contribution in [-0.4, -0.2) is 27.5 Å². The first-order valence-electron chi connectivity index (χ1n) is 7.05. The molecule has 1 heterocycles. The van der Waals surface area contributed by atoms with Crippen LogP contribution in [0.3, 0.4) is 0 Å². The summed E-state index contributed by atoms with van der Waals surface area (Å²) in [5.74, 6) is 1.63. The fraction of sp³-hybridized carbons (Fsp3) is 0.846. The van der Waals surface area contributed by atoms with Crippen LogP contribution < -0.4 is 0 Å². The Morgan fingerprint density at radius 3 is 2.61 bits per heavy atom. The predicted octanol–water partition coefficient (Wildman–Crippen LogP) is 3.16. The number of rotatable bonds is 5. The lowest BCUT2D eigenvalue weighted by atomic mass is 9.98. The largest absolute Gasteiger partial charge is 0.376 e.